The van der Waals surface area contributed by atoms with Crippen LogP contribution < -0.4 is 4.90 Å². The molecular weight excluding hydrogens is 272 g/mol. The van der Waals surface area contributed by atoms with Gasteiger partial charge in [-0.05, 0) is 19.9 Å². The number of carbonyl (C=O) groups excluding carboxylic acids is 1. The molecule has 0 spiro atoms. The van der Waals surface area contributed by atoms with Gasteiger partial charge in [-0.15, -0.1) is 0 Å². The van der Waals surface area contributed by atoms with Crippen LogP contribution in [-0.2, 0) is 4.79 Å². The molecule has 21 heavy (non-hydrogen) atoms. The van der Waals surface area contributed by atoms with E-state index >= 15 is 0 Å². The van der Waals surface area contributed by atoms with E-state index in [2.05, 4.69) is 9.97 Å². The monoisotopic (exact) mass is 292 g/mol. The zero-order chi connectivity index (χ0) is 15.6. The zero-order valence-electron chi connectivity index (χ0n) is 12.5. The Morgan fingerprint density at radius 2 is 2.24 bits per heavy atom. The van der Waals surface area contributed by atoms with E-state index in [0.717, 1.165) is 13.1 Å². The summed E-state index contributed by atoms with van der Waals surface area (Å²) in [5, 5.41) is 9.04. The number of carboxylic acid groups (broad SMARTS) is 1. The van der Waals surface area contributed by atoms with Crippen molar-refractivity contribution in [3.8, 4) is 0 Å². The number of hydrogen-bond acceptors (Lipinski definition) is 5. The van der Waals surface area contributed by atoms with Crippen LogP contribution in [0.1, 0.15) is 29.5 Å². The smallest absolute Gasteiger partial charge is 0.354 e. The number of aryl methyl sites for hydroxylation is 1. The highest BCUT2D eigenvalue weighted by Crippen LogP contribution is 2.20. The second kappa shape index (κ2) is 6.07. The number of nitrogens with zero attached hydrogens (tertiary/aromatic N) is 4. The fraction of sp³-hybridized carbons (Fsp3) is 0.571. The second-order valence-corrected chi connectivity index (χ2v) is 5.38. The topological polar surface area (TPSA) is 86.6 Å². The third-order valence-corrected chi connectivity index (χ3v) is 3.61. The molecule has 1 aromatic rings. The lowest BCUT2D eigenvalue weighted by molar-refractivity contribution is -0.127. The predicted molar refractivity (Wildman–Crippen MR) is 77.4 cm³/mol. The van der Waals surface area contributed by atoms with Gasteiger partial charge in [-0.25, -0.2) is 14.8 Å². The van der Waals surface area contributed by atoms with Crippen molar-refractivity contribution >= 4 is 17.8 Å². The summed E-state index contributed by atoms with van der Waals surface area (Å²) in [6, 6.07) is 1.44. The van der Waals surface area contributed by atoms with Crippen molar-refractivity contribution in [2.45, 2.75) is 20.3 Å². The Balaban J connectivity index is 2.09. The Morgan fingerprint density at radius 1 is 1.52 bits per heavy atom. The van der Waals surface area contributed by atoms with E-state index in [1.165, 1.54) is 6.07 Å². The number of likely N-dealkylation sites (tertiary alicyclic amines) is 1. The van der Waals surface area contributed by atoms with E-state index in [1.807, 2.05) is 23.8 Å². The van der Waals surface area contributed by atoms with Gasteiger partial charge in [-0.2, -0.15) is 0 Å². The minimum atomic E-state index is -1.07. The first-order valence-electron chi connectivity index (χ1n) is 6.98. The van der Waals surface area contributed by atoms with Gasteiger partial charge >= 0.3 is 5.97 Å². The molecule has 0 saturated carbocycles. The molecule has 1 unspecified atom stereocenters. The average Bonchev–Trinajstić information content (AvgIpc) is 2.77. The molecule has 114 valence electrons. The number of aromatic nitrogens is 2. The summed E-state index contributed by atoms with van der Waals surface area (Å²) < 4.78 is 0. The van der Waals surface area contributed by atoms with Crippen LogP contribution in [-0.4, -0.2) is 58.5 Å². The van der Waals surface area contributed by atoms with Gasteiger partial charge in [-0.3, -0.25) is 4.79 Å². The Kier molecular flexibility index (Phi) is 4.40. The molecule has 1 amide bonds. The number of rotatable bonds is 5. The van der Waals surface area contributed by atoms with Crippen LogP contribution in [0.25, 0.3) is 0 Å². The third-order valence-electron chi connectivity index (χ3n) is 3.61. The highest BCUT2D eigenvalue weighted by molar-refractivity contribution is 5.85. The molecule has 2 heterocycles. The number of anilines is 1. The second-order valence-electron chi connectivity index (χ2n) is 5.38. The van der Waals surface area contributed by atoms with Crippen molar-refractivity contribution in [1.82, 2.24) is 14.9 Å². The van der Waals surface area contributed by atoms with E-state index < -0.39 is 5.97 Å². The van der Waals surface area contributed by atoms with Crippen molar-refractivity contribution < 1.29 is 14.7 Å². The van der Waals surface area contributed by atoms with Crippen LogP contribution in [0.3, 0.4) is 0 Å². The number of carboxylic acids is 1. The molecule has 0 aromatic carbocycles. The van der Waals surface area contributed by atoms with Crippen molar-refractivity contribution in [3.05, 3.63) is 17.5 Å². The predicted octanol–water partition coefficient (Wildman–Crippen LogP) is 0.788. The van der Waals surface area contributed by atoms with E-state index in [9.17, 15) is 9.59 Å². The van der Waals surface area contributed by atoms with Gasteiger partial charge in [0, 0.05) is 44.7 Å². The fourth-order valence-electron chi connectivity index (χ4n) is 2.58. The molecule has 1 aliphatic heterocycles. The van der Waals surface area contributed by atoms with Crippen LogP contribution in [0.4, 0.5) is 5.95 Å². The molecular formula is C14H20N4O3. The Morgan fingerprint density at radius 3 is 2.81 bits per heavy atom. The summed E-state index contributed by atoms with van der Waals surface area (Å²) in [7, 11) is 1.82. The summed E-state index contributed by atoms with van der Waals surface area (Å²) >= 11 is 0. The number of carbonyl (C=O) groups is 2. The molecule has 1 aliphatic rings. The van der Waals surface area contributed by atoms with Gasteiger partial charge < -0.3 is 14.9 Å². The summed E-state index contributed by atoms with van der Waals surface area (Å²) in [5.74, 6) is -0.287. The highest BCUT2D eigenvalue weighted by atomic mass is 16.4. The number of aromatic carboxylic acids is 1. The van der Waals surface area contributed by atoms with Crippen molar-refractivity contribution in [1.29, 1.82) is 0 Å². The van der Waals surface area contributed by atoms with Crippen molar-refractivity contribution in [3.63, 3.8) is 0 Å². The number of hydrogen-bond donors (Lipinski definition) is 1. The number of amides is 1. The van der Waals surface area contributed by atoms with Crippen molar-refractivity contribution in [2.24, 2.45) is 5.92 Å². The largest absolute Gasteiger partial charge is 0.477 e. The molecule has 1 atom stereocenters. The molecule has 0 radical (unpaired) electrons. The lowest BCUT2D eigenvalue weighted by Gasteiger charge is -2.21. The normalized spacial score (nSPS) is 18.1. The first-order chi connectivity index (χ1) is 9.90. The van der Waals surface area contributed by atoms with Crippen molar-refractivity contribution in [2.75, 3.05) is 31.6 Å². The molecule has 0 bridgehead atoms. The maximum atomic E-state index is 11.7. The summed E-state index contributed by atoms with van der Waals surface area (Å²) in [4.78, 5) is 34.7. The van der Waals surface area contributed by atoms with Gasteiger partial charge in [0.05, 0.1) is 0 Å². The Hall–Kier alpha value is -2.18. The van der Waals surface area contributed by atoms with Gasteiger partial charge in [0.2, 0.25) is 11.9 Å². The van der Waals surface area contributed by atoms with Gasteiger partial charge in [0.1, 0.15) is 0 Å². The van der Waals surface area contributed by atoms with Crippen LogP contribution in [0.2, 0.25) is 0 Å². The lowest BCUT2D eigenvalue weighted by Crippen LogP contribution is -2.30. The van der Waals surface area contributed by atoms with Crippen LogP contribution >= 0.6 is 0 Å². The summed E-state index contributed by atoms with van der Waals surface area (Å²) in [5.41, 5.74) is 0.601. The van der Waals surface area contributed by atoms with Crippen LogP contribution in [0.5, 0.6) is 0 Å². The highest BCUT2D eigenvalue weighted by Gasteiger charge is 2.29. The fourth-order valence-corrected chi connectivity index (χ4v) is 2.58. The van der Waals surface area contributed by atoms with Crippen LogP contribution in [0, 0.1) is 12.8 Å². The van der Waals surface area contributed by atoms with Gasteiger partial charge in [0.15, 0.2) is 5.69 Å². The maximum Gasteiger partial charge on any atom is 0.354 e. The average molecular weight is 292 g/mol. The Labute approximate surface area is 123 Å². The van der Waals surface area contributed by atoms with Gasteiger partial charge in [0.25, 0.3) is 0 Å². The SMILES string of the molecule is CCN1CC(CN(C)c2nc(C)cc(C(=O)O)n2)CC1=O. The van der Waals surface area contributed by atoms with Gasteiger partial charge in [-0.1, -0.05) is 0 Å². The molecule has 1 fully saturated rings. The molecule has 7 nitrogen and oxygen atoms in total. The molecule has 0 aliphatic carbocycles. The standard InChI is InChI=1S/C14H20N4O3/c1-4-18-8-10(6-12(18)19)7-17(3)14-15-9(2)5-11(16-14)13(20)21/h5,10H,4,6-8H2,1-3H3,(H,20,21). The van der Waals surface area contributed by atoms with Crippen LogP contribution in [0.15, 0.2) is 6.07 Å². The first-order valence-corrected chi connectivity index (χ1v) is 6.98. The summed E-state index contributed by atoms with van der Waals surface area (Å²) in [6.45, 7) is 5.79. The molecule has 2 rings (SSSR count). The minimum Gasteiger partial charge on any atom is -0.477 e. The third kappa shape index (κ3) is 3.48. The van der Waals surface area contributed by atoms with E-state index in [4.69, 9.17) is 5.11 Å². The van der Waals surface area contributed by atoms with E-state index in [1.54, 1.807) is 6.92 Å². The Bertz CT molecular complexity index is 561. The zero-order valence-corrected chi connectivity index (χ0v) is 12.5. The first kappa shape index (κ1) is 15.2. The quantitative estimate of drug-likeness (QED) is 0.863. The molecule has 7 heteroatoms. The molecule has 1 saturated heterocycles. The molecule has 1 N–H and O–H groups in total. The van der Waals surface area contributed by atoms with E-state index in [-0.39, 0.29) is 17.5 Å². The molecule has 1 aromatic heterocycles. The lowest BCUT2D eigenvalue weighted by atomic mass is 10.1. The van der Waals surface area contributed by atoms with E-state index in [0.29, 0.717) is 24.6 Å². The maximum absolute atomic E-state index is 11.7. The minimum absolute atomic E-state index is 0.0120. The summed E-state index contributed by atoms with van der Waals surface area (Å²) in [6.07, 6.45) is 0.524.